The van der Waals surface area contributed by atoms with Gasteiger partial charge in [-0.3, -0.25) is 0 Å². The Labute approximate surface area is 83.9 Å². The molecule has 4 heteroatoms. The fraction of sp³-hybridized carbons (Fsp3) is 0.429. The minimum absolute atomic E-state index is 0.285. The summed E-state index contributed by atoms with van der Waals surface area (Å²) in [6.45, 7) is 0. The van der Waals surface area contributed by atoms with Gasteiger partial charge in [0.05, 0.1) is 6.04 Å². The second kappa shape index (κ2) is 4.45. The van der Waals surface area contributed by atoms with Gasteiger partial charge >= 0.3 is 0 Å². The third-order valence-corrected chi connectivity index (χ3v) is 3.55. The van der Waals surface area contributed by atoms with Gasteiger partial charge in [0.25, 0.3) is 0 Å². The van der Waals surface area contributed by atoms with E-state index in [1.807, 2.05) is 7.05 Å². The van der Waals surface area contributed by atoms with Crippen LogP contribution in [0.4, 0.5) is 0 Å². The molecule has 0 radical (unpaired) electrons. The van der Waals surface area contributed by atoms with Crippen LogP contribution in [0.1, 0.15) is 10.9 Å². The summed E-state index contributed by atoms with van der Waals surface area (Å²) in [6, 6.07) is 2.38. The molecule has 62 valence electrons. The average molecular weight is 255 g/mol. The van der Waals surface area contributed by atoms with Crippen molar-refractivity contribution in [3.05, 3.63) is 20.8 Å². The highest BCUT2D eigenvalue weighted by Crippen LogP contribution is 2.25. The first-order valence-electron chi connectivity index (χ1n) is 3.25. The third-order valence-electron chi connectivity index (χ3n) is 1.43. The van der Waals surface area contributed by atoms with Crippen LogP contribution in [0.25, 0.3) is 0 Å². The Morgan fingerprint density at radius 2 is 2.55 bits per heavy atom. The molecule has 1 aromatic rings. The van der Waals surface area contributed by atoms with Gasteiger partial charge in [-0.15, -0.1) is 22.9 Å². The predicted octanol–water partition coefficient (Wildman–Crippen LogP) is 3.01. The molecule has 1 atom stereocenters. The Morgan fingerprint density at radius 1 is 1.82 bits per heavy atom. The molecular formula is C7H9BrClNS. The molecule has 1 nitrogen and oxygen atoms in total. The van der Waals surface area contributed by atoms with Gasteiger partial charge in [0, 0.05) is 20.6 Å². The molecule has 1 unspecified atom stereocenters. The molecule has 1 aromatic heterocycles. The Balaban J connectivity index is 2.73. The number of alkyl halides is 1. The van der Waals surface area contributed by atoms with E-state index in [-0.39, 0.29) is 6.04 Å². The van der Waals surface area contributed by atoms with E-state index >= 15 is 0 Å². The molecule has 0 aromatic carbocycles. The molecule has 1 rings (SSSR count). The summed E-state index contributed by atoms with van der Waals surface area (Å²) >= 11 is 10.9. The fourth-order valence-corrected chi connectivity index (χ4v) is 2.77. The highest BCUT2D eigenvalue weighted by Gasteiger charge is 2.08. The molecule has 1 N–H and O–H groups in total. The van der Waals surface area contributed by atoms with Gasteiger partial charge in [0.2, 0.25) is 0 Å². The molecule has 0 aliphatic heterocycles. The first kappa shape index (κ1) is 9.52. The lowest BCUT2D eigenvalue weighted by Gasteiger charge is -2.08. The first-order chi connectivity index (χ1) is 5.27. The van der Waals surface area contributed by atoms with Crippen molar-refractivity contribution >= 4 is 38.9 Å². The fourth-order valence-electron chi connectivity index (χ4n) is 0.806. The number of hydrogen-bond acceptors (Lipinski definition) is 2. The van der Waals surface area contributed by atoms with Crippen LogP contribution in [-0.2, 0) is 0 Å². The number of nitrogens with one attached hydrogen (secondary N) is 1. The monoisotopic (exact) mass is 253 g/mol. The van der Waals surface area contributed by atoms with Crippen molar-refractivity contribution < 1.29 is 0 Å². The van der Waals surface area contributed by atoms with E-state index in [9.17, 15) is 0 Å². The number of halogens is 2. The SMILES string of the molecule is CNC(CCl)c1cc(Br)cs1. The summed E-state index contributed by atoms with van der Waals surface area (Å²) in [5.41, 5.74) is 0. The number of thiophene rings is 1. The molecule has 0 aliphatic rings. The summed E-state index contributed by atoms with van der Waals surface area (Å²) in [5.74, 6) is 0.615. The lowest BCUT2D eigenvalue weighted by Crippen LogP contribution is -2.16. The summed E-state index contributed by atoms with van der Waals surface area (Å²) < 4.78 is 1.13. The highest BCUT2D eigenvalue weighted by atomic mass is 79.9. The van der Waals surface area contributed by atoms with E-state index < -0.39 is 0 Å². The predicted molar refractivity (Wildman–Crippen MR) is 54.5 cm³/mol. The van der Waals surface area contributed by atoms with E-state index in [2.05, 4.69) is 32.7 Å². The van der Waals surface area contributed by atoms with Gasteiger partial charge in [0.1, 0.15) is 0 Å². The van der Waals surface area contributed by atoms with Crippen LogP contribution in [0.5, 0.6) is 0 Å². The Kier molecular flexibility index (Phi) is 3.85. The van der Waals surface area contributed by atoms with Crippen LogP contribution in [0, 0.1) is 0 Å². The minimum Gasteiger partial charge on any atom is -0.311 e. The second-order valence-corrected chi connectivity index (χ2v) is 4.33. The number of rotatable bonds is 3. The first-order valence-corrected chi connectivity index (χ1v) is 5.45. The molecule has 0 saturated carbocycles. The lowest BCUT2D eigenvalue weighted by atomic mass is 10.3. The third kappa shape index (κ3) is 2.44. The standard InChI is InChI=1S/C7H9BrClNS/c1-10-6(3-9)7-2-5(8)4-11-7/h2,4,6,10H,3H2,1H3. The zero-order valence-corrected chi connectivity index (χ0v) is 9.26. The van der Waals surface area contributed by atoms with Crippen LogP contribution in [0.3, 0.4) is 0 Å². The van der Waals surface area contributed by atoms with Gasteiger partial charge in [-0.25, -0.2) is 0 Å². The quantitative estimate of drug-likeness (QED) is 0.818. The lowest BCUT2D eigenvalue weighted by molar-refractivity contribution is 0.670. The van der Waals surface area contributed by atoms with Crippen LogP contribution in [-0.4, -0.2) is 12.9 Å². The van der Waals surface area contributed by atoms with Gasteiger partial charge in [-0.1, -0.05) is 0 Å². The Morgan fingerprint density at radius 3 is 2.91 bits per heavy atom. The van der Waals surface area contributed by atoms with Crippen LogP contribution in [0.2, 0.25) is 0 Å². The molecule has 0 fully saturated rings. The molecule has 0 saturated heterocycles. The van der Waals surface area contributed by atoms with E-state index in [0.29, 0.717) is 5.88 Å². The normalized spacial score (nSPS) is 13.4. The second-order valence-electron chi connectivity index (χ2n) is 2.16. The smallest absolute Gasteiger partial charge is 0.0550 e. The zero-order chi connectivity index (χ0) is 8.27. The summed E-state index contributed by atoms with van der Waals surface area (Å²) in [7, 11) is 1.92. The van der Waals surface area contributed by atoms with Crippen molar-refractivity contribution in [3.8, 4) is 0 Å². The van der Waals surface area contributed by atoms with Crippen molar-refractivity contribution in [1.82, 2.24) is 5.32 Å². The maximum atomic E-state index is 5.74. The molecule has 0 amide bonds. The van der Waals surface area contributed by atoms with Crippen molar-refractivity contribution in [2.45, 2.75) is 6.04 Å². The van der Waals surface area contributed by atoms with Crippen molar-refractivity contribution in [1.29, 1.82) is 0 Å². The maximum Gasteiger partial charge on any atom is 0.0550 e. The average Bonchev–Trinajstić information content (AvgIpc) is 2.39. The summed E-state index contributed by atoms with van der Waals surface area (Å²) in [4.78, 5) is 1.27. The molecule has 0 aliphatic carbocycles. The van der Waals surface area contributed by atoms with Crippen molar-refractivity contribution in [2.24, 2.45) is 0 Å². The van der Waals surface area contributed by atoms with Crippen LogP contribution in [0.15, 0.2) is 15.9 Å². The molecule has 11 heavy (non-hydrogen) atoms. The Hall–Kier alpha value is 0.430. The van der Waals surface area contributed by atoms with E-state index in [0.717, 1.165) is 4.47 Å². The van der Waals surface area contributed by atoms with Crippen molar-refractivity contribution in [3.63, 3.8) is 0 Å². The molecule has 1 heterocycles. The van der Waals surface area contributed by atoms with Gasteiger partial charge < -0.3 is 5.32 Å². The van der Waals surface area contributed by atoms with E-state index in [1.54, 1.807) is 11.3 Å². The van der Waals surface area contributed by atoms with Crippen LogP contribution < -0.4 is 5.32 Å². The van der Waals surface area contributed by atoms with Crippen LogP contribution >= 0.6 is 38.9 Å². The zero-order valence-electron chi connectivity index (χ0n) is 6.10. The largest absolute Gasteiger partial charge is 0.311 e. The molecule has 0 bridgehead atoms. The molecule has 0 spiro atoms. The minimum atomic E-state index is 0.285. The number of hydrogen-bond donors (Lipinski definition) is 1. The van der Waals surface area contributed by atoms with Gasteiger partial charge in [-0.2, -0.15) is 0 Å². The summed E-state index contributed by atoms with van der Waals surface area (Å²) in [6.07, 6.45) is 0. The molecular weight excluding hydrogens is 246 g/mol. The van der Waals surface area contributed by atoms with E-state index in [4.69, 9.17) is 11.6 Å². The Bertz CT molecular complexity index is 222. The summed E-state index contributed by atoms with van der Waals surface area (Å²) in [5, 5.41) is 5.20. The van der Waals surface area contributed by atoms with E-state index in [1.165, 1.54) is 4.88 Å². The van der Waals surface area contributed by atoms with Gasteiger partial charge in [-0.05, 0) is 29.0 Å². The van der Waals surface area contributed by atoms with Gasteiger partial charge in [0.15, 0.2) is 0 Å². The topological polar surface area (TPSA) is 12.0 Å². The van der Waals surface area contributed by atoms with Crippen molar-refractivity contribution in [2.75, 3.05) is 12.9 Å². The maximum absolute atomic E-state index is 5.74. The highest BCUT2D eigenvalue weighted by molar-refractivity contribution is 9.10.